The molecule has 0 bridgehead atoms. The van der Waals surface area contributed by atoms with Crippen LogP contribution >= 0.6 is 11.6 Å². The number of Topliss-reactive ketones (excluding diaryl/α,β-unsaturated/α-hetero) is 1. The van der Waals surface area contributed by atoms with Gasteiger partial charge in [0.25, 0.3) is 5.91 Å². The molecule has 0 aliphatic carbocycles. The molecule has 3 atom stereocenters. The molecule has 0 radical (unpaired) electrons. The predicted octanol–water partition coefficient (Wildman–Crippen LogP) is 5.72. The molecular weight excluding hydrogens is 540 g/mol. The number of rotatable bonds is 14. The van der Waals surface area contributed by atoms with E-state index in [0.29, 0.717) is 30.8 Å². The minimum absolute atomic E-state index is 0.0427. The SMILES string of the molecule is COC(=O)N[C@@H](Cc1ccccc1Cl)C(=O)C[C@H](CCCN1C(=O)[C@@](CC(C)C)(c2ccccc2)N=C1N)C(C)C. The lowest BCUT2D eigenvalue weighted by Gasteiger charge is -2.28. The normalized spacial score (nSPS) is 18.4. The third kappa shape index (κ3) is 8.09. The summed E-state index contributed by atoms with van der Waals surface area (Å²) in [4.78, 5) is 45.6. The van der Waals surface area contributed by atoms with Gasteiger partial charge in [0, 0.05) is 24.4 Å². The largest absolute Gasteiger partial charge is 0.453 e. The molecule has 0 fully saturated rings. The van der Waals surface area contributed by atoms with Gasteiger partial charge in [0.2, 0.25) is 0 Å². The van der Waals surface area contributed by atoms with Gasteiger partial charge in [-0.05, 0) is 54.2 Å². The highest BCUT2D eigenvalue weighted by atomic mass is 35.5. The van der Waals surface area contributed by atoms with Crippen LogP contribution in [0.1, 0.15) is 64.5 Å². The number of nitrogens with zero attached hydrogens (tertiary/aromatic N) is 2. The van der Waals surface area contributed by atoms with Gasteiger partial charge >= 0.3 is 6.09 Å². The minimum atomic E-state index is -1.02. The van der Waals surface area contributed by atoms with Crippen LogP contribution in [-0.4, -0.2) is 48.3 Å². The van der Waals surface area contributed by atoms with E-state index in [1.54, 1.807) is 11.0 Å². The number of carbonyl (C=O) groups excluding carboxylic acids is 3. The first kappa shape index (κ1) is 32.1. The van der Waals surface area contributed by atoms with E-state index < -0.39 is 17.7 Å². The van der Waals surface area contributed by atoms with Crippen LogP contribution in [0.2, 0.25) is 5.02 Å². The fraction of sp³-hybridized carbons (Fsp3) is 0.500. The number of nitrogens with two attached hydrogens (primary N) is 1. The number of ether oxygens (including phenoxy) is 1. The highest BCUT2D eigenvalue weighted by Crippen LogP contribution is 2.39. The van der Waals surface area contributed by atoms with E-state index in [4.69, 9.17) is 27.1 Å². The molecule has 1 aliphatic heterocycles. The summed E-state index contributed by atoms with van der Waals surface area (Å²) in [5, 5.41) is 3.22. The molecule has 9 heteroatoms. The molecule has 1 aliphatic rings. The Morgan fingerprint density at radius 2 is 1.73 bits per heavy atom. The zero-order valence-electron chi connectivity index (χ0n) is 24.7. The molecule has 1 heterocycles. The number of aliphatic imine (C=N–C) groups is 1. The van der Waals surface area contributed by atoms with Crippen molar-refractivity contribution in [1.82, 2.24) is 10.2 Å². The molecule has 2 aromatic rings. The fourth-order valence-corrected chi connectivity index (χ4v) is 5.72. The van der Waals surface area contributed by atoms with Crippen molar-refractivity contribution in [3.8, 4) is 0 Å². The Kier molecular flexibility index (Phi) is 11.4. The molecule has 41 heavy (non-hydrogen) atoms. The van der Waals surface area contributed by atoms with Crippen molar-refractivity contribution in [1.29, 1.82) is 0 Å². The van der Waals surface area contributed by atoms with Gasteiger partial charge in [0.1, 0.15) is 0 Å². The first-order valence-corrected chi connectivity index (χ1v) is 14.7. The van der Waals surface area contributed by atoms with E-state index >= 15 is 0 Å². The average molecular weight is 583 g/mol. The third-order valence-corrected chi connectivity index (χ3v) is 8.12. The van der Waals surface area contributed by atoms with Crippen LogP contribution in [0.5, 0.6) is 0 Å². The van der Waals surface area contributed by atoms with Crippen molar-refractivity contribution in [2.24, 2.45) is 28.5 Å². The van der Waals surface area contributed by atoms with Crippen LogP contribution in [0.3, 0.4) is 0 Å². The molecule has 0 spiro atoms. The molecule has 3 rings (SSSR count). The maximum Gasteiger partial charge on any atom is 0.407 e. The van der Waals surface area contributed by atoms with Crippen molar-refractivity contribution < 1.29 is 19.1 Å². The zero-order valence-corrected chi connectivity index (χ0v) is 25.5. The molecule has 2 amide bonds. The van der Waals surface area contributed by atoms with Gasteiger partial charge < -0.3 is 15.8 Å². The van der Waals surface area contributed by atoms with Crippen LogP contribution in [0.4, 0.5) is 4.79 Å². The van der Waals surface area contributed by atoms with Gasteiger partial charge in [0.05, 0.1) is 13.2 Å². The lowest BCUT2D eigenvalue weighted by molar-refractivity contribution is -0.132. The summed E-state index contributed by atoms with van der Waals surface area (Å²) >= 11 is 6.33. The van der Waals surface area contributed by atoms with Crippen molar-refractivity contribution in [2.45, 2.75) is 71.4 Å². The van der Waals surface area contributed by atoms with Gasteiger partial charge in [-0.2, -0.15) is 0 Å². The Bertz CT molecular complexity index is 1230. The topological polar surface area (TPSA) is 114 Å². The summed E-state index contributed by atoms with van der Waals surface area (Å²) in [5.74, 6) is 0.536. The Morgan fingerprint density at radius 1 is 1.07 bits per heavy atom. The van der Waals surface area contributed by atoms with Crippen LogP contribution in [0.25, 0.3) is 0 Å². The maximum absolute atomic E-state index is 13.8. The van der Waals surface area contributed by atoms with E-state index in [2.05, 4.69) is 33.0 Å². The summed E-state index contributed by atoms with van der Waals surface area (Å²) < 4.78 is 4.77. The van der Waals surface area contributed by atoms with Crippen LogP contribution in [-0.2, 0) is 26.3 Å². The van der Waals surface area contributed by atoms with E-state index in [1.807, 2.05) is 48.5 Å². The fourth-order valence-electron chi connectivity index (χ4n) is 5.50. The molecule has 0 aromatic heterocycles. The number of amides is 2. The van der Waals surface area contributed by atoms with Crippen LogP contribution in [0, 0.1) is 17.8 Å². The Hall–Kier alpha value is -3.39. The second-order valence-corrected chi connectivity index (χ2v) is 12.0. The summed E-state index contributed by atoms with van der Waals surface area (Å²) in [5.41, 5.74) is 6.94. The summed E-state index contributed by atoms with van der Waals surface area (Å²) in [6.45, 7) is 8.72. The molecule has 3 N–H and O–H groups in total. The number of carbonyl (C=O) groups is 3. The van der Waals surface area contributed by atoms with E-state index in [1.165, 1.54) is 7.11 Å². The number of hydrogen-bond donors (Lipinski definition) is 2. The molecule has 0 saturated carbocycles. The van der Waals surface area contributed by atoms with E-state index in [-0.39, 0.29) is 48.2 Å². The van der Waals surface area contributed by atoms with Gasteiger partial charge in [-0.1, -0.05) is 87.8 Å². The Balaban J connectivity index is 1.69. The number of benzene rings is 2. The lowest BCUT2D eigenvalue weighted by Crippen LogP contribution is -2.44. The molecule has 0 saturated heterocycles. The Labute approximate surface area is 248 Å². The van der Waals surface area contributed by atoms with Crippen LogP contribution < -0.4 is 11.1 Å². The molecule has 2 aromatic carbocycles. The first-order chi connectivity index (χ1) is 19.5. The number of hydrogen-bond acceptors (Lipinski definition) is 6. The van der Waals surface area contributed by atoms with E-state index in [0.717, 1.165) is 11.1 Å². The second-order valence-electron chi connectivity index (χ2n) is 11.6. The van der Waals surface area contributed by atoms with Crippen molar-refractivity contribution in [2.75, 3.05) is 13.7 Å². The Morgan fingerprint density at radius 3 is 2.34 bits per heavy atom. The first-order valence-electron chi connectivity index (χ1n) is 14.3. The molecule has 222 valence electrons. The van der Waals surface area contributed by atoms with Crippen molar-refractivity contribution >= 4 is 35.3 Å². The van der Waals surface area contributed by atoms with E-state index in [9.17, 15) is 14.4 Å². The minimum Gasteiger partial charge on any atom is -0.453 e. The van der Waals surface area contributed by atoms with Crippen molar-refractivity contribution in [3.63, 3.8) is 0 Å². The highest BCUT2D eigenvalue weighted by molar-refractivity contribution is 6.31. The van der Waals surface area contributed by atoms with Gasteiger partial charge in [-0.3, -0.25) is 14.5 Å². The number of ketones is 1. The van der Waals surface area contributed by atoms with Crippen LogP contribution in [0.15, 0.2) is 59.6 Å². The zero-order chi connectivity index (χ0) is 30.2. The molecular formula is C32H43ClN4O4. The molecule has 8 nitrogen and oxygen atoms in total. The average Bonchev–Trinajstić information content (AvgIpc) is 3.17. The molecule has 0 unspecified atom stereocenters. The second kappa shape index (κ2) is 14.5. The summed E-state index contributed by atoms with van der Waals surface area (Å²) in [6, 6.07) is 16.1. The predicted molar refractivity (Wildman–Crippen MR) is 163 cm³/mol. The number of nitrogens with one attached hydrogen (secondary N) is 1. The van der Waals surface area contributed by atoms with Gasteiger partial charge in [0.15, 0.2) is 17.3 Å². The maximum atomic E-state index is 13.8. The number of halogens is 1. The lowest BCUT2D eigenvalue weighted by atomic mass is 9.82. The smallest absolute Gasteiger partial charge is 0.407 e. The number of methoxy groups -OCH3 is 1. The summed E-state index contributed by atoms with van der Waals surface area (Å²) in [7, 11) is 1.27. The van der Waals surface area contributed by atoms with Gasteiger partial charge in [-0.15, -0.1) is 0 Å². The number of guanidine groups is 1. The standard InChI is InChI=1S/C32H43ClN4O4/c1-21(2)20-32(25-14-7-6-8-15-25)29(39)37(30(34)36-32)17-11-13-23(22(3)4)19-28(38)27(35-31(40)41-5)18-24-12-9-10-16-26(24)33/h6-10,12,14-16,21-23,27H,11,13,17-20H2,1-5H3,(H2,34,36)(H,35,40)/t23-,27-,32+/m0/s1. The number of alkyl carbamates (subject to hydrolysis) is 1. The quantitative estimate of drug-likeness (QED) is 0.296. The highest BCUT2D eigenvalue weighted by Gasteiger charge is 2.49. The third-order valence-electron chi connectivity index (χ3n) is 7.75. The van der Waals surface area contributed by atoms with Gasteiger partial charge in [-0.25, -0.2) is 9.79 Å². The monoisotopic (exact) mass is 582 g/mol. The van der Waals surface area contributed by atoms with Crippen molar-refractivity contribution in [3.05, 3.63) is 70.7 Å². The summed E-state index contributed by atoms with van der Waals surface area (Å²) in [6.07, 6.45) is 1.81.